The van der Waals surface area contributed by atoms with Crippen LogP contribution in [0, 0.1) is 0 Å². The van der Waals surface area contributed by atoms with Gasteiger partial charge in [-0.3, -0.25) is 0 Å². The van der Waals surface area contributed by atoms with Gasteiger partial charge in [0, 0.05) is 36.8 Å². The van der Waals surface area contributed by atoms with E-state index in [1.165, 1.54) is 42.0 Å². The van der Waals surface area contributed by atoms with Crippen molar-refractivity contribution >= 4 is 0 Å². The zero-order chi connectivity index (χ0) is 12.7. The third-order valence-corrected chi connectivity index (χ3v) is 4.40. The van der Waals surface area contributed by atoms with Gasteiger partial charge >= 0.3 is 0 Å². The van der Waals surface area contributed by atoms with Crippen LogP contribution in [0.5, 0.6) is 0 Å². The fourth-order valence-electron chi connectivity index (χ4n) is 3.16. The lowest BCUT2D eigenvalue weighted by molar-refractivity contribution is 0.308. The van der Waals surface area contributed by atoms with Gasteiger partial charge in [0.1, 0.15) is 5.82 Å². The van der Waals surface area contributed by atoms with E-state index in [-0.39, 0.29) is 0 Å². The molecule has 4 rings (SSSR count). The average molecular weight is 253 g/mol. The third-order valence-electron chi connectivity index (χ3n) is 4.40. The summed E-state index contributed by atoms with van der Waals surface area (Å²) in [5.41, 5.74) is 3.99. The first-order chi connectivity index (χ1) is 9.43. The number of nitrogens with one attached hydrogen (secondary N) is 1. The Bertz CT molecular complexity index is 582. The Morgan fingerprint density at radius 3 is 2.74 bits per heavy atom. The third kappa shape index (κ3) is 1.80. The van der Waals surface area contributed by atoms with Crippen molar-refractivity contribution in [2.75, 3.05) is 6.54 Å². The van der Waals surface area contributed by atoms with E-state index in [0.717, 1.165) is 19.5 Å². The number of hydrogen-bond donors (Lipinski definition) is 1. The highest BCUT2D eigenvalue weighted by molar-refractivity contribution is 5.57. The Labute approximate surface area is 113 Å². The summed E-state index contributed by atoms with van der Waals surface area (Å²) in [7, 11) is 0. The summed E-state index contributed by atoms with van der Waals surface area (Å²) in [6, 6.07) is 11.3. The standard InChI is InChI=1S/C16H19N3/c1-2-5-12(6-3-1)16-18-14-11-17-10-9-15(14)19(16)13-7-4-8-13/h1-3,5-6,13,17H,4,7-11H2. The molecular formula is C16H19N3. The van der Waals surface area contributed by atoms with Gasteiger partial charge in [0.2, 0.25) is 0 Å². The van der Waals surface area contributed by atoms with E-state index in [4.69, 9.17) is 4.98 Å². The first-order valence-corrected chi connectivity index (χ1v) is 7.29. The average Bonchev–Trinajstić information content (AvgIpc) is 2.78. The number of aromatic nitrogens is 2. The van der Waals surface area contributed by atoms with Gasteiger partial charge in [-0.15, -0.1) is 0 Å². The molecule has 0 spiro atoms. The molecule has 1 N–H and O–H groups in total. The number of hydrogen-bond acceptors (Lipinski definition) is 2. The number of imidazole rings is 1. The Morgan fingerprint density at radius 1 is 1.16 bits per heavy atom. The first kappa shape index (κ1) is 11.2. The highest BCUT2D eigenvalue weighted by atomic mass is 15.1. The highest BCUT2D eigenvalue weighted by Crippen LogP contribution is 2.38. The molecule has 1 saturated carbocycles. The van der Waals surface area contributed by atoms with Crippen molar-refractivity contribution in [2.45, 2.75) is 38.3 Å². The fourth-order valence-corrected chi connectivity index (χ4v) is 3.16. The summed E-state index contributed by atoms with van der Waals surface area (Å²) >= 11 is 0. The molecule has 3 nitrogen and oxygen atoms in total. The van der Waals surface area contributed by atoms with Gasteiger partial charge in [-0.25, -0.2) is 4.98 Å². The van der Waals surface area contributed by atoms with Crippen LogP contribution in [-0.2, 0) is 13.0 Å². The Hall–Kier alpha value is -1.61. The summed E-state index contributed by atoms with van der Waals surface area (Å²) in [6.45, 7) is 2.01. The maximum atomic E-state index is 4.92. The number of rotatable bonds is 2. The van der Waals surface area contributed by atoms with Crippen molar-refractivity contribution in [3.63, 3.8) is 0 Å². The molecular weight excluding hydrogens is 234 g/mol. The molecule has 0 radical (unpaired) electrons. The molecule has 0 saturated heterocycles. The van der Waals surface area contributed by atoms with Gasteiger partial charge in [0.25, 0.3) is 0 Å². The minimum Gasteiger partial charge on any atom is -0.325 e. The SMILES string of the molecule is c1ccc(-c2nc3c(n2C2CCC2)CCNC3)cc1. The monoisotopic (exact) mass is 253 g/mol. The smallest absolute Gasteiger partial charge is 0.140 e. The lowest BCUT2D eigenvalue weighted by atomic mass is 9.92. The van der Waals surface area contributed by atoms with Crippen LogP contribution in [0.2, 0.25) is 0 Å². The lowest BCUT2D eigenvalue weighted by Gasteiger charge is -2.31. The number of benzene rings is 1. The van der Waals surface area contributed by atoms with Gasteiger partial charge in [-0.2, -0.15) is 0 Å². The molecule has 1 fully saturated rings. The van der Waals surface area contributed by atoms with E-state index in [9.17, 15) is 0 Å². The Balaban J connectivity index is 1.87. The predicted molar refractivity (Wildman–Crippen MR) is 76.0 cm³/mol. The zero-order valence-electron chi connectivity index (χ0n) is 11.1. The van der Waals surface area contributed by atoms with Crippen molar-refractivity contribution in [2.24, 2.45) is 0 Å². The van der Waals surface area contributed by atoms with Crippen molar-refractivity contribution in [3.05, 3.63) is 41.7 Å². The first-order valence-electron chi connectivity index (χ1n) is 7.29. The van der Waals surface area contributed by atoms with Crippen LogP contribution >= 0.6 is 0 Å². The normalized spacial score (nSPS) is 18.9. The van der Waals surface area contributed by atoms with Gasteiger partial charge in [-0.1, -0.05) is 30.3 Å². The molecule has 1 aliphatic heterocycles. The van der Waals surface area contributed by atoms with E-state index in [1.54, 1.807) is 0 Å². The van der Waals surface area contributed by atoms with Crippen molar-refractivity contribution in [3.8, 4) is 11.4 Å². The summed E-state index contributed by atoms with van der Waals surface area (Å²) < 4.78 is 2.54. The van der Waals surface area contributed by atoms with Crippen LogP contribution in [0.3, 0.4) is 0 Å². The molecule has 0 unspecified atom stereocenters. The van der Waals surface area contributed by atoms with E-state index in [2.05, 4.69) is 40.2 Å². The largest absolute Gasteiger partial charge is 0.325 e. The maximum absolute atomic E-state index is 4.92. The van der Waals surface area contributed by atoms with Gasteiger partial charge in [0.15, 0.2) is 0 Å². The quantitative estimate of drug-likeness (QED) is 0.892. The second kappa shape index (κ2) is 4.49. The van der Waals surface area contributed by atoms with Gasteiger partial charge in [-0.05, 0) is 19.3 Å². The summed E-state index contributed by atoms with van der Waals surface area (Å²) in [4.78, 5) is 4.92. The number of nitrogens with zero attached hydrogens (tertiary/aromatic N) is 2. The molecule has 1 aliphatic carbocycles. The minimum absolute atomic E-state index is 0.685. The summed E-state index contributed by atoms with van der Waals surface area (Å²) in [5, 5.41) is 3.43. The molecule has 2 aromatic rings. The summed E-state index contributed by atoms with van der Waals surface area (Å²) in [5.74, 6) is 1.18. The Morgan fingerprint density at radius 2 is 2.00 bits per heavy atom. The summed E-state index contributed by atoms with van der Waals surface area (Å²) in [6.07, 6.45) is 5.11. The molecule has 2 heterocycles. The zero-order valence-corrected chi connectivity index (χ0v) is 11.1. The van der Waals surface area contributed by atoms with Crippen LogP contribution < -0.4 is 5.32 Å². The van der Waals surface area contributed by atoms with Crippen molar-refractivity contribution in [1.29, 1.82) is 0 Å². The molecule has 1 aromatic carbocycles. The maximum Gasteiger partial charge on any atom is 0.140 e. The van der Waals surface area contributed by atoms with Gasteiger partial charge in [0.05, 0.1) is 5.69 Å². The second-order valence-electron chi connectivity index (χ2n) is 5.58. The molecule has 98 valence electrons. The van der Waals surface area contributed by atoms with Gasteiger partial charge < -0.3 is 9.88 Å². The van der Waals surface area contributed by atoms with E-state index >= 15 is 0 Å². The topological polar surface area (TPSA) is 29.9 Å². The minimum atomic E-state index is 0.685. The fraction of sp³-hybridized carbons (Fsp3) is 0.438. The van der Waals surface area contributed by atoms with Crippen molar-refractivity contribution < 1.29 is 0 Å². The molecule has 0 bridgehead atoms. The van der Waals surface area contributed by atoms with Crippen molar-refractivity contribution in [1.82, 2.24) is 14.9 Å². The highest BCUT2D eigenvalue weighted by Gasteiger charge is 2.28. The molecule has 0 atom stereocenters. The molecule has 19 heavy (non-hydrogen) atoms. The Kier molecular flexibility index (Phi) is 2.66. The van der Waals surface area contributed by atoms with Crippen LogP contribution in [0.25, 0.3) is 11.4 Å². The molecule has 2 aliphatic rings. The predicted octanol–water partition coefficient (Wildman–Crippen LogP) is 2.92. The van der Waals surface area contributed by atoms with Crippen LogP contribution in [0.15, 0.2) is 30.3 Å². The van der Waals surface area contributed by atoms with Crippen LogP contribution in [-0.4, -0.2) is 16.1 Å². The molecule has 1 aromatic heterocycles. The van der Waals surface area contributed by atoms with E-state index < -0.39 is 0 Å². The lowest BCUT2D eigenvalue weighted by Crippen LogP contribution is -2.27. The van der Waals surface area contributed by atoms with E-state index in [1.807, 2.05) is 0 Å². The van der Waals surface area contributed by atoms with Crippen LogP contribution in [0.1, 0.15) is 36.7 Å². The van der Waals surface area contributed by atoms with E-state index in [0.29, 0.717) is 6.04 Å². The number of fused-ring (bicyclic) bond motifs is 1. The van der Waals surface area contributed by atoms with Crippen LogP contribution in [0.4, 0.5) is 0 Å². The molecule has 3 heteroatoms. The second-order valence-corrected chi connectivity index (χ2v) is 5.58. The molecule has 0 amide bonds.